The lowest BCUT2D eigenvalue weighted by atomic mass is 10.6. The Bertz CT molecular complexity index is 351. The average molecular weight is 239 g/mol. The molecule has 0 aliphatic heterocycles. The van der Waals surface area contributed by atoms with E-state index in [1.165, 1.54) is 4.57 Å². The number of halogens is 2. The number of hydrogen-bond acceptors (Lipinski definition) is 3. The summed E-state index contributed by atoms with van der Waals surface area (Å²) in [7, 11) is 0. The normalized spacial score (nSPS) is 10.5. The van der Waals surface area contributed by atoms with E-state index in [0.717, 1.165) is 0 Å². The molecule has 1 aromatic rings. The molecule has 0 radical (unpaired) electrons. The summed E-state index contributed by atoms with van der Waals surface area (Å²) in [4.78, 5) is 14.3. The van der Waals surface area contributed by atoms with E-state index < -0.39 is 5.97 Å². The van der Waals surface area contributed by atoms with E-state index in [4.69, 9.17) is 33.0 Å². The van der Waals surface area contributed by atoms with Crippen LogP contribution in [0.4, 0.5) is 0 Å². The fourth-order valence-electron chi connectivity index (χ4n) is 0.867. The van der Waals surface area contributed by atoms with Gasteiger partial charge in [0.1, 0.15) is 11.9 Å². The lowest BCUT2D eigenvalue weighted by Gasteiger charge is -2.05. The van der Waals surface area contributed by atoms with Crippen molar-refractivity contribution in [2.75, 3.05) is 6.61 Å². The Kier molecular flexibility index (Phi) is 3.74. The molecule has 1 aromatic heterocycles. The third-order valence-corrected chi connectivity index (χ3v) is 2.23. The monoisotopic (exact) mass is 238 g/mol. The van der Waals surface area contributed by atoms with E-state index in [0.29, 0.717) is 6.61 Å². The molecule has 0 unspecified atom stereocenters. The molecule has 78 valence electrons. The van der Waals surface area contributed by atoms with Crippen LogP contribution in [0.5, 0.6) is 0 Å². The SMILES string of the molecule is CCOCn1c(C(=O)O)nc(Cl)c1Cl. The van der Waals surface area contributed by atoms with E-state index in [1.54, 1.807) is 6.92 Å². The average Bonchev–Trinajstić information content (AvgIpc) is 2.41. The number of imidazole rings is 1. The van der Waals surface area contributed by atoms with Crippen LogP contribution >= 0.6 is 23.2 Å². The van der Waals surface area contributed by atoms with Gasteiger partial charge in [-0.3, -0.25) is 4.57 Å². The van der Waals surface area contributed by atoms with Gasteiger partial charge in [-0.25, -0.2) is 9.78 Å². The van der Waals surface area contributed by atoms with Gasteiger partial charge in [-0.1, -0.05) is 23.2 Å². The molecule has 0 bridgehead atoms. The Labute approximate surface area is 90.2 Å². The minimum absolute atomic E-state index is 0.0245. The highest BCUT2D eigenvalue weighted by molar-refractivity contribution is 6.40. The summed E-state index contributed by atoms with van der Waals surface area (Å²) in [5, 5.41) is 8.78. The van der Waals surface area contributed by atoms with Crippen LogP contribution in [-0.4, -0.2) is 27.2 Å². The van der Waals surface area contributed by atoms with Crippen molar-refractivity contribution in [2.45, 2.75) is 13.7 Å². The number of aromatic nitrogens is 2. The third-order valence-electron chi connectivity index (χ3n) is 1.48. The molecule has 0 saturated heterocycles. The molecule has 7 heteroatoms. The lowest BCUT2D eigenvalue weighted by Crippen LogP contribution is -2.11. The fraction of sp³-hybridized carbons (Fsp3) is 0.429. The lowest BCUT2D eigenvalue weighted by molar-refractivity contribution is 0.0615. The van der Waals surface area contributed by atoms with Crippen LogP contribution in [0.15, 0.2) is 0 Å². The minimum atomic E-state index is -1.20. The second kappa shape index (κ2) is 4.63. The van der Waals surface area contributed by atoms with Crippen LogP contribution in [0, 0.1) is 0 Å². The molecule has 0 fully saturated rings. The number of carboxylic acids is 1. The van der Waals surface area contributed by atoms with E-state index in [-0.39, 0.29) is 22.9 Å². The van der Waals surface area contributed by atoms with Crippen molar-refractivity contribution >= 4 is 29.2 Å². The first-order valence-corrected chi connectivity index (χ1v) is 4.56. The molecule has 0 spiro atoms. The molecule has 0 amide bonds. The van der Waals surface area contributed by atoms with Crippen molar-refractivity contribution in [3.63, 3.8) is 0 Å². The highest BCUT2D eigenvalue weighted by Gasteiger charge is 2.19. The molecule has 1 rings (SSSR count). The standard InChI is InChI=1S/C7H8Cl2N2O3/c1-2-14-3-11-5(9)4(8)10-6(11)7(12)13/h2-3H2,1H3,(H,12,13). The number of carboxylic acid groups (broad SMARTS) is 1. The van der Waals surface area contributed by atoms with Crippen LogP contribution in [0.25, 0.3) is 0 Å². The molecule has 5 nitrogen and oxygen atoms in total. The van der Waals surface area contributed by atoms with Crippen molar-refractivity contribution in [1.29, 1.82) is 0 Å². The van der Waals surface area contributed by atoms with Crippen LogP contribution in [0.1, 0.15) is 17.5 Å². The second-order valence-corrected chi connectivity index (χ2v) is 3.09. The van der Waals surface area contributed by atoms with Crippen LogP contribution in [-0.2, 0) is 11.5 Å². The predicted octanol–water partition coefficient (Wildman–Crippen LogP) is 1.88. The summed E-state index contributed by atoms with van der Waals surface area (Å²) in [5.41, 5.74) is 0. The molecular formula is C7H8Cl2N2O3. The van der Waals surface area contributed by atoms with Crippen molar-refractivity contribution < 1.29 is 14.6 Å². The Morgan fingerprint density at radius 2 is 2.29 bits per heavy atom. The Morgan fingerprint density at radius 3 is 2.79 bits per heavy atom. The molecular weight excluding hydrogens is 231 g/mol. The number of aromatic carboxylic acids is 1. The largest absolute Gasteiger partial charge is 0.475 e. The van der Waals surface area contributed by atoms with Crippen molar-refractivity contribution in [3.05, 3.63) is 16.1 Å². The van der Waals surface area contributed by atoms with Gasteiger partial charge in [-0.15, -0.1) is 0 Å². The molecule has 14 heavy (non-hydrogen) atoms. The number of hydrogen-bond donors (Lipinski definition) is 1. The quantitative estimate of drug-likeness (QED) is 0.871. The minimum Gasteiger partial charge on any atom is -0.475 e. The zero-order chi connectivity index (χ0) is 10.7. The first kappa shape index (κ1) is 11.3. The molecule has 0 atom stereocenters. The summed E-state index contributed by atoms with van der Waals surface area (Å²) in [6.07, 6.45) is 0. The molecule has 0 aliphatic carbocycles. The van der Waals surface area contributed by atoms with E-state index >= 15 is 0 Å². The Hall–Kier alpha value is -0.780. The molecule has 1 N–H and O–H groups in total. The number of nitrogens with zero attached hydrogens (tertiary/aromatic N) is 2. The van der Waals surface area contributed by atoms with Crippen LogP contribution in [0.3, 0.4) is 0 Å². The van der Waals surface area contributed by atoms with Crippen LogP contribution in [0.2, 0.25) is 10.3 Å². The van der Waals surface area contributed by atoms with Crippen LogP contribution < -0.4 is 0 Å². The van der Waals surface area contributed by atoms with Gasteiger partial charge in [0.25, 0.3) is 0 Å². The summed E-state index contributed by atoms with van der Waals surface area (Å²) >= 11 is 11.3. The van der Waals surface area contributed by atoms with Gasteiger partial charge in [-0.05, 0) is 6.92 Å². The number of carbonyl (C=O) groups is 1. The highest BCUT2D eigenvalue weighted by Crippen LogP contribution is 2.22. The molecule has 0 saturated carbocycles. The zero-order valence-corrected chi connectivity index (χ0v) is 8.84. The highest BCUT2D eigenvalue weighted by atomic mass is 35.5. The first-order chi connectivity index (χ1) is 6.57. The van der Waals surface area contributed by atoms with Gasteiger partial charge in [0, 0.05) is 6.61 Å². The summed E-state index contributed by atoms with van der Waals surface area (Å²) in [6.45, 7) is 2.26. The van der Waals surface area contributed by atoms with Crippen molar-refractivity contribution in [2.24, 2.45) is 0 Å². The van der Waals surface area contributed by atoms with E-state index in [9.17, 15) is 4.79 Å². The predicted molar refractivity (Wildman–Crippen MR) is 50.8 cm³/mol. The first-order valence-electron chi connectivity index (χ1n) is 3.80. The summed E-state index contributed by atoms with van der Waals surface area (Å²) in [5.74, 6) is -1.42. The maximum Gasteiger partial charge on any atom is 0.372 e. The second-order valence-electron chi connectivity index (χ2n) is 2.37. The van der Waals surface area contributed by atoms with Gasteiger partial charge in [-0.2, -0.15) is 0 Å². The van der Waals surface area contributed by atoms with Crippen molar-refractivity contribution in [1.82, 2.24) is 9.55 Å². The van der Waals surface area contributed by atoms with Crippen molar-refractivity contribution in [3.8, 4) is 0 Å². The maximum absolute atomic E-state index is 10.7. The van der Waals surface area contributed by atoms with Gasteiger partial charge < -0.3 is 9.84 Å². The smallest absolute Gasteiger partial charge is 0.372 e. The summed E-state index contributed by atoms with van der Waals surface area (Å²) < 4.78 is 6.21. The molecule has 0 aromatic carbocycles. The third kappa shape index (κ3) is 2.17. The van der Waals surface area contributed by atoms with Gasteiger partial charge in [0.15, 0.2) is 5.15 Å². The topological polar surface area (TPSA) is 64.3 Å². The van der Waals surface area contributed by atoms with Gasteiger partial charge >= 0.3 is 5.97 Å². The van der Waals surface area contributed by atoms with Gasteiger partial charge in [0.2, 0.25) is 5.82 Å². The molecule has 1 heterocycles. The van der Waals surface area contributed by atoms with E-state index in [1.807, 2.05) is 0 Å². The summed E-state index contributed by atoms with van der Waals surface area (Å²) in [6, 6.07) is 0. The molecule has 0 aliphatic rings. The Morgan fingerprint density at radius 1 is 1.64 bits per heavy atom. The van der Waals surface area contributed by atoms with Gasteiger partial charge in [0.05, 0.1) is 0 Å². The Balaban J connectivity index is 3.03. The number of ether oxygens (including phenoxy) is 1. The zero-order valence-electron chi connectivity index (χ0n) is 7.33. The van der Waals surface area contributed by atoms with E-state index in [2.05, 4.69) is 4.98 Å². The fourth-order valence-corrected chi connectivity index (χ4v) is 1.22. The number of rotatable bonds is 4. The maximum atomic E-state index is 10.7.